The number of hydrogen-bond donors (Lipinski definition) is 0. The zero-order chi connectivity index (χ0) is 32.2. The van der Waals surface area contributed by atoms with Crippen LogP contribution in [0.1, 0.15) is 64.0 Å². The molecule has 3 heteroatoms. The molecule has 0 N–H and O–H groups in total. The summed E-state index contributed by atoms with van der Waals surface area (Å²) in [5.74, 6) is 0. The van der Waals surface area contributed by atoms with Gasteiger partial charge in [0.05, 0.1) is 11.3 Å². The van der Waals surface area contributed by atoms with Crippen LogP contribution in [0.5, 0.6) is 0 Å². The Kier molecular flexibility index (Phi) is 2.47. The molecule has 3 nitrogen and oxygen atoms in total. The van der Waals surface area contributed by atoms with Gasteiger partial charge in [-0.3, -0.25) is 0 Å². The molecule has 1 aliphatic carbocycles. The van der Waals surface area contributed by atoms with E-state index >= 15 is 0 Å². The van der Waals surface area contributed by atoms with E-state index < -0.39 is 38.8 Å². The molecule has 0 fully saturated rings. The second-order valence-corrected chi connectivity index (χ2v) is 8.64. The van der Waals surface area contributed by atoms with Crippen LogP contribution in [-0.4, -0.2) is 4.98 Å². The first-order valence-electron chi connectivity index (χ1n) is 16.3. The zero-order valence-electron chi connectivity index (χ0n) is 29.3. The van der Waals surface area contributed by atoms with Crippen molar-refractivity contribution in [2.75, 3.05) is 0 Å². The van der Waals surface area contributed by atoms with Crippen LogP contribution < -0.4 is 4.57 Å². The van der Waals surface area contributed by atoms with E-state index in [1.165, 1.54) is 0 Å². The van der Waals surface area contributed by atoms with Crippen LogP contribution in [0.15, 0.2) is 65.2 Å². The summed E-state index contributed by atoms with van der Waals surface area (Å²) >= 11 is 0. The summed E-state index contributed by atoms with van der Waals surface area (Å²) in [6, 6.07) is 15.5. The first kappa shape index (κ1) is 11.6. The lowest BCUT2D eigenvalue weighted by Crippen LogP contribution is -2.31. The third-order valence-electron chi connectivity index (χ3n) is 6.79. The average molecular weight is 445 g/mol. The van der Waals surface area contributed by atoms with E-state index in [0.717, 1.165) is 5.56 Å². The molecular weight excluding hydrogens is 404 g/mol. The summed E-state index contributed by atoms with van der Waals surface area (Å²) in [6.07, 6.45) is -2.25. The maximum atomic E-state index is 8.98. The van der Waals surface area contributed by atoms with Crippen molar-refractivity contribution in [3.63, 3.8) is 0 Å². The van der Waals surface area contributed by atoms with E-state index in [9.17, 15) is 0 Å². The molecule has 0 saturated carbocycles. The smallest absolute Gasteiger partial charge is 0.227 e. The van der Waals surface area contributed by atoms with Crippen molar-refractivity contribution in [1.29, 1.82) is 0 Å². The number of nitrogens with zero attached hydrogens (tertiary/aromatic N) is 2. The Bertz CT molecular complexity index is 1970. The Morgan fingerprint density at radius 2 is 1.97 bits per heavy atom. The maximum absolute atomic E-state index is 8.98. The molecule has 5 aromatic rings. The third-order valence-corrected chi connectivity index (χ3v) is 6.79. The summed E-state index contributed by atoms with van der Waals surface area (Å²) in [5, 5.41) is 1.29. The van der Waals surface area contributed by atoms with E-state index in [2.05, 4.69) is 0 Å². The summed E-state index contributed by atoms with van der Waals surface area (Å²) in [7, 11) is 1.75. The van der Waals surface area contributed by atoms with Crippen molar-refractivity contribution in [2.45, 2.75) is 45.7 Å². The van der Waals surface area contributed by atoms with Gasteiger partial charge in [0.15, 0.2) is 11.8 Å². The van der Waals surface area contributed by atoms with Crippen LogP contribution in [0.2, 0.25) is 0 Å². The number of furan rings is 1. The number of rotatable bonds is 3. The molecule has 3 aromatic heterocycles. The van der Waals surface area contributed by atoms with Crippen molar-refractivity contribution >= 4 is 22.1 Å². The first-order chi connectivity index (χ1) is 20.3. The number of fused-ring (bicyclic) bond motifs is 6. The van der Waals surface area contributed by atoms with Gasteiger partial charge in [-0.15, -0.1) is 0 Å². The maximum Gasteiger partial charge on any atom is 0.227 e. The Hall–Kier alpha value is -3.46. The second-order valence-electron chi connectivity index (χ2n) is 8.64. The minimum Gasteiger partial charge on any atom is -0.437 e. The lowest BCUT2D eigenvalue weighted by molar-refractivity contribution is -0.660. The van der Waals surface area contributed by atoms with Gasteiger partial charge in [0.1, 0.15) is 7.05 Å². The van der Waals surface area contributed by atoms with Gasteiger partial charge in [-0.1, -0.05) is 50.1 Å². The molecule has 1 unspecified atom stereocenters. The topological polar surface area (TPSA) is 29.9 Å². The number of hydrogen-bond acceptors (Lipinski definition) is 2. The molecule has 0 spiro atoms. The summed E-state index contributed by atoms with van der Waals surface area (Å²) < 4.78 is 98.4. The molecule has 0 bridgehead atoms. The summed E-state index contributed by atoms with van der Waals surface area (Å²) in [5.41, 5.74) is 2.10. The van der Waals surface area contributed by atoms with Gasteiger partial charge in [-0.25, -0.2) is 9.55 Å². The SMILES string of the molecule is [2H]C([2H])([2H])CC1(C([2H])([2H])C([2H])([2H])[2H])c2ccccc2-c2cc3c(nc21)oc1c(-c2ccc(C([2H])([2H])[2H])c[n+]2C)c(C)ccc13. The number of aromatic nitrogens is 2. The molecule has 33 heavy (non-hydrogen) atoms. The Labute approximate surface area is 210 Å². The van der Waals surface area contributed by atoms with Crippen molar-refractivity contribution in [2.24, 2.45) is 7.05 Å². The fraction of sp³-hybridized carbons (Fsp3) is 0.267. The van der Waals surface area contributed by atoms with Gasteiger partial charge in [-0.05, 0) is 55.4 Å². The fourth-order valence-corrected chi connectivity index (χ4v) is 5.15. The van der Waals surface area contributed by atoms with Crippen LogP contribution in [0.25, 0.3) is 44.5 Å². The highest BCUT2D eigenvalue weighted by Gasteiger charge is 2.42. The monoisotopic (exact) mass is 444 g/mol. The molecule has 1 atom stereocenters. The summed E-state index contributed by atoms with van der Waals surface area (Å²) in [4.78, 5) is 4.77. The first-order valence-corrected chi connectivity index (χ1v) is 10.8. The van der Waals surface area contributed by atoms with Crippen molar-refractivity contribution < 1.29 is 24.1 Å². The minimum atomic E-state index is -3.18. The summed E-state index contributed by atoms with van der Waals surface area (Å²) in [6.45, 7) is -6.26. The Balaban J connectivity index is 1.69. The van der Waals surface area contributed by atoms with Crippen LogP contribution in [0.4, 0.5) is 0 Å². The highest BCUT2D eigenvalue weighted by Crippen LogP contribution is 2.53. The highest BCUT2D eigenvalue weighted by molar-refractivity contribution is 6.10. The van der Waals surface area contributed by atoms with E-state index in [0.29, 0.717) is 38.7 Å². The molecule has 1 aliphatic rings. The number of pyridine rings is 2. The van der Waals surface area contributed by atoms with Gasteiger partial charge in [0, 0.05) is 48.5 Å². The largest absolute Gasteiger partial charge is 0.437 e. The van der Waals surface area contributed by atoms with E-state index in [1.807, 2.05) is 19.1 Å². The third kappa shape index (κ3) is 2.62. The molecule has 0 saturated heterocycles. The van der Waals surface area contributed by atoms with Crippen LogP contribution in [0, 0.1) is 13.8 Å². The molecular formula is C30H29N2O+. The van der Waals surface area contributed by atoms with Gasteiger partial charge in [0.25, 0.3) is 0 Å². The minimum absolute atomic E-state index is 0.00774. The Morgan fingerprint density at radius 1 is 1.06 bits per heavy atom. The van der Waals surface area contributed by atoms with Crippen molar-refractivity contribution in [3.05, 3.63) is 83.2 Å². The molecule has 164 valence electrons. The molecule has 0 radical (unpaired) electrons. The lowest BCUT2D eigenvalue weighted by atomic mass is 9.76. The molecule has 0 amide bonds. The predicted molar refractivity (Wildman–Crippen MR) is 134 cm³/mol. The van der Waals surface area contributed by atoms with Gasteiger partial charge in [0.2, 0.25) is 11.4 Å². The molecule has 0 aliphatic heterocycles. The van der Waals surface area contributed by atoms with E-state index in [-0.39, 0.29) is 22.5 Å². The van der Waals surface area contributed by atoms with E-state index in [1.54, 1.807) is 60.3 Å². The lowest BCUT2D eigenvalue weighted by Gasteiger charge is -2.28. The number of benzene rings is 2. The normalized spacial score (nSPS) is 23.5. The molecule has 2 aromatic carbocycles. The van der Waals surface area contributed by atoms with Crippen molar-refractivity contribution in [3.8, 4) is 22.4 Å². The standard InChI is InChI=1S/C30H29N2O/c1-6-30(7-2)24-11-9-8-10-20(24)22-16-23-21-14-13-19(4)26(25-15-12-18(3)17-32(25)5)27(21)33-29(23)31-28(22)30/h8-17H,6-7H2,1-5H3/q+1/i1D3,2D3,3D3,6D2. The fourth-order valence-electron chi connectivity index (χ4n) is 5.15. The zero-order valence-corrected chi connectivity index (χ0v) is 18.3. The van der Waals surface area contributed by atoms with Crippen molar-refractivity contribution in [1.82, 2.24) is 4.98 Å². The van der Waals surface area contributed by atoms with E-state index in [4.69, 9.17) is 24.5 Å². The quantitative estimate of drug-likeness (QED) is 0.276. The van der Waals surface area contributed by atoms with Crippen LogP contribution in [-0.2, 0) is 12.5 Å². The van der Waals surface area contributed by atoms with Gasteiger partial charge in [-0.2, -0.15) is 0 Å². The van der Waals surface area contributed by atoms with Crippen LogP contribution >= 0.6 is 0 Å². The molecule has 6 rings (SSSR count). The Morgan fingerprint density at radius 3 is 2.79 bits per heavy atom. The van der Waals surface area contributed by atoms with Gasteiger partial charge >= 0.3 is 0 Å². The second kappa shape index (κ2) is 7.02. The van der Waals surface area contributed by atoms with Crippen LogP contribution in [0.3, 0.4) is 0 Å². The predicted octanol–water partition coefficient (Wildman–Crippen LogP) is 7.18. The van der Waals surface area contributed by atoms with Gasteiger partial charge < -0.3 is 4.42 Å². The molecule has 3 heterocycles. The average Bonchev–Trinajstić information content (AvgIpc) is 3.39. The number of aryl methyl sites for hydroxylation is 3. The highest BCUT2D eigenvalue weighted by atomic mass is 16.3.